The maximum absolute atomic E-state index is 13.2. The van der Waals surface area contributed by atoms with E-state index in [0.29, 0.717) is 0 Å². The van der Waals surface area contributed by atoms with Crippen LogP contribution in [0.4, 0.5) is 9.59 Å². The minimum Gasteiger partial charge on any atom is -0.449 e. The largest absolute Gasteiger partial charge is 0.449 e. The number of rotatable bonds is 4. The minimum atomic E-state index is -0.583. The Morgan fingerprint density at radius 3 is 1.73 bits per heavy atom. The van der Waals surface area contributed by atoms with Crippen molar-refractivity contribution < 1.29 is 47.8 Å². The van der Waals surface area contributed by atoms with Gasteiger partial charge in [-0.25, -0.2) is 9.59 Å². The molecule has 60 heavy (non-hydrogen) atoms. The first-order valence-electron chi connectivity index (χ1n) is 20.5. The Hall–Kier alpha value is -5.84. The summed E-state index contributed by atoms with van der Waals surface area (Å²) in [6.45, 7) is 16.9. The number of fused-ring (bicyclic) bond motifs is 5. The highest BCUT2D eigenvalue weighted by Gasteiger charge is 2.46. The van der Waals surface area contributed by atoms with E-state index in [2.05, 4.69) is 73.9 Å². The molecule has 0 spiro atoms. The molecule has 7 rings (SSSR count). The summed E-state index contributed by atoms with van der Waals surface area (Å²) in [5.41, 5.74) is 4.17. The van der Waals surface area contributed by atoms with Crippen LogP contribution in [0.5, 0.6) is 0 Å². The third-order valence-electron chi connectivity index (χ3n) is 11.4. The first-order chi connectivity index (χ1) is 28.4. The van der Waals surface area contributed by atoms with E-state index in [0.717, 1.165) is 32.2 Å². The number of ether oxygens (including phenoxy) is 2. The predicted molar refractivity (Wildman–Crippen MR) is 220 cm³/mol. The fraction of sp³-hybridized carbons (Fsp3) is 0.522. The number of hydrogen-bond donors (Lipinski definition) is 2. The summed E-state index contributed by atoms with van der Waals surface area (Å²) in [6, 6.07) is 15.8. The minimum absolute atomic E-state index is 0.000726. The van der Waals surface area contributed by atoms with E-state index in [1.165, 1.54) is 22.3 Å². The van der Waals surface area contributed by atoms with Gasteiger partial charge in [-0.2, -0.15) is 19.2 Å². The van der Waals surface area contributed by atoms with Gasteiger partial charge in [0.2, 0.25) is 11.8 Å². The molecule has 2 saturated heterocycles. The van der Waals surface area contributed by atoms with Crippen LogP contribution < -0.4 is 10.6 Å². The van der Waals surface area contributed by atoms with Gasteiger partial charge in [0.25, 0.3) is 0 Å². The number of carbonyl (C=O) groups is 4. The number of nitrogens with one attached hydrogen (secondary N) is 2. The van der Waals surface area contributed by atoms with Crippen LogP contribution in [0.3, 0.4) is 0 Å². The molecule has 2 aromatic carbocycles. The zero-order chi connectivity index (χ0) is 44.4. The highest BCUT2D eigenvalue weighted by atomic mass is 16.6. The summed E-state index contributed by atoms with van der Waals surface area (Å²) in [7, 11) is 0. The van der Waals surface area contributed by atoms with Gasteiger partial charge in [0.15, 0.2) is 0 Å². The molecule has 4 amide bonds. The fourth-order valence-electron chi connectivity index (χ4n) is 8.67. The van der Waals surface area contributed by atoms with Gasteiger partial charge in [0.1, 0.15) is 24.3 Å². The Labute approximate surface area is 352 Å². The van der Waals surface area contributed by atoms with Crippen molar-refractivity contribution in [2.45, 2.75) is 123 Å². The van der Waals surface area contributed by atoms with Crippen molar-refractivity contribution in [2.24, 2.45) is 17.3 Å². The summed E-state index contributed by atoms with van der Waals surface area (Å²) in [5, 5.41) is 5.64. The highest BCUT2D eigenvalue weighted by molar-refractivity contribution is 5.88. The van der Waals surface area contributed by atoms with E-state index in [1.807, 2.05) is 74.8 Å². The van der Waals surface area contributed by atoms with Gasteiger partial charge in [-0.05, 0) is 74.1 Å². The van der Waals surface area contributed by atoms with Crippen molar-refractivity contribution in [1.82, 2.24) is 20.4 Å². The van der Waals surface area contributed by atoms with E-state index in [-0.39, 0.29) is 72.0 Å². The van der Waals surface area contributed by atoms with Crippen LogP contribution in [-0.4, -0.2) is 95.1 Å². The Kier molecular flexibility index (Phi) is 15.9. The molecule has 2 N–H and O–H groups in total. The number of hydrogen-bond acceptors (Lipinski definition) is 10. The molecule has 0 radical (unpaired) electrons. The molecule has 2 fully saturated rings. The van der Waals surface area contributed by atoms with Crippen LogP contribution in [0.2, 0.25) is 0 Å². The molecule has 0 bridgehead atoms. The Morgan fingerprint density at radius 2 is 1.20 bits per heavy atom. The molecule has 5 aliphatic rings. The molecule has 4 heterocycles. The van der Waals surface area contributed by atoms with E-state index in [4.69, 9.17) is 28.7 Å². The average molecular weight is 827 g/mol. The van der Waals surface area contributed by atoms with Gasteiger partial charge in [-0.1, -0.05) is 107 Å². The summed E-state index contributed by atoms with van der Waals surface area (Å²) in [4.78, 5) is 87.4. The summed E-state index contributed by atoms with van der Waals surface area (Å²) in [6.07, 6.45) is 11.7. The first kappa shape index (κ1) is 46.8. The quantitative estimate of drug-likeness (QED) is 0.326. The van der Waals surface area contributed by atoms with Crippen molar-refractivity contribution in [3.63, 3.8) is 0 Å². The topological polar surface area (TPSA) is 186 Å². The third kappa shape index (κ3) is 11.5. The molecule has 14 nitrogen and oxygen atoms in total. The van der Waals surface area contributed by atoms with Gasteiger partial charge in [-0.3, -0.25) is 9.59 Å². The lowest BCUT2D eigenvalue weighted by atomic mass is 9.84. The van der Waals surface area contributed by atoms with E-state index in [9.17, 15) is 19.2 Å². The highest BCUT2D eigenvalue weighted by Crippen LogP contribution is 2.44. The third-order valence-corrected chi connectivity index (χ3v) is 11.4. The smallest absolute Gasteiger partial charge is 0.408 e. The molecule has 1 aliphatic carbocycles. The lowest BCUT2D eigenvalue weighted by Crippen LogP contribution is -2.55. The second-order valence-corrected chi connectivity index (χ2v) is 17.7. The van der Waals surface area contributed by atoms with Crippen molar-refractivity contribution in [2.75, 3.05) is 13.2 Å². The number of nitrogens with zero attached hydrogens (tertiary/aromatic N) is 2. The number of carbonyl (C=O) groups excluding carboxylic acids is 8. The first-order valence-corrected chi connectivity index (χ1v) is 20.5. The molecule has 7 atom stereocenters. The van der Waals surface area contributed by atoms with Gasteiger partial charge in [0, 0.05) is 30.3 Å². The van der Waals surface area contributed by atoms with Crippen LogP contribution >= 0.6 is 0 Å². The number of amides is 4. The number of benzene rings is 2. The number of alkyl carbamates (subject to hydrolysis) is 2. The second kappa shape index (κ2) is 20.4. The lowest BCUT2D eigenvalue weighted by molar-refractivity contribution is -0.193. The molecule has 0 saturated carbocycles. The van der Waals surface area contributed by atoms with Crippen LogP contribution in [0.25, 0.3) is 11.1 Å². The summed E-state index contributed by atoms with van der Waals surface area (Å²) >= 11 is 0. The SMILES string of the molecule is C[C@@H]1C=C[C@H]2CCCN2C(=O)[C@H]1NC(=O)OCC1c2ccccc2-c2ccccc21.C[C@@H]1C=C[C@H]2CC[C@@H](C(C)(C)C)N2C(=O)[C@H]1NC(=O)OC(C)(C)C.O=C=O.O=C=O. The Bertz CT molecular complexity index is 1930. The van der Waals surface area contributed by atoms with E-state index >= 15 is 0 Å². The molecule has 14 heteroatoms. The molecule has 0 aromatic heterocycles. The zero-order valence-electron chi connectivity index (χ0n) is 35.8. The lowest BCUT2D eigenvalue weighted by Gasteiger charge is -2.38. The van der Waals surface area contributed by atoms with E-state index in [1.54, 1.807) is 0 Å². The van der Waals surface area contributed by atoms with Crippen LogP contribution in [0, 0.1) is 17.3 Å². The van der Waals surface area contributed by atoms with Crippen LogP contribution in [-0.2, 0) is 38.2 Å². The van der Waals surface area contributed by atoms with Crippen molar-refractivity contribution in [3.8, 4) is 11.1 Å². The van der Waals surface area contributed by atoms with Gasteiger partial charge < -0.3 is 29.9 Å². The van der Waals surface area contributed by atoms with Crippen molar-refractivity contribution in [3.05, 3.63) is 84.0 Å². The zero-order valence-corrected chi connectivity index (χ0v) is 35.8. The monoisotopic (exact) mass is 826 g/mol. The average Bonchev–Trinajstić information content (AvgIpc) is 3.89. The fourth-order valence-corrected chi connectivity index (χ4v) is 8.67. The van der Waals surface area contributed by atoms with Crippen molar-refractivity contribution >= 4 is 36.3 Å². The summed E-state index contributed by atoms with van der Waals surface area (Å²) < 4.78 is 11.0. The molecule has 0 unspecified atom stereocenters. The van der Waals surface area contributed by atoms with E-state index < -0.39 is 29.9 Å². The maximum atomic E-state index is 13.2. The molecule has 4 aliphatic heterocycles. The molecular weight excluding hydrogens is 769 g/mol. The normalized spacial score (nSPS) is 25.0. The molecular formula is C46H58N4O10. The van der Waals surface area contributed by atoms with Crippen LogP contribution in [0.15, 0.2) is 72.8 Å². The Balaban J connectivity index is 0.000000239. The second-order valence-electron chi connectivity index (χ2n) is 17.7. The molecule has 2 aromatic rings. The maximum Gasteiger partial charge on any atom is 0.408 e. The van der Waals surface area contributed by atoms with Gasteiger partial charge in [0.05, 0.1) is 12.1 Å². The van der Waals surface area contributed by atoms with Crippen molar-refractivity contribution in [1.29, 1.82) is 0 Å². The van der Waals surface area contributed by atoms with Crippen LogP contribution in [0.1, 0.15) is 98.1 Å². The molecule has 322 valence electrons. The standard InChI is InChI=1S/C25H26N2O3.C19H32N2O3.2CO2/c1-16-12-13-17-7-6-14-27(17)24(28)23(16)26-25(29)30-15-22-20-10-4-2-8-18(20)19-9-3-5-11-21(19)22;1-12-8-9-13-10-11-14(18(2,3)4)21(13)16(22)15(12)20-17(23)24-19(5,6)7;2*2-1-3/h2-5,8-13,16-17,22-23H,6-7,14-15H2,1H3,(H,26,29);8-9,12-15H,10-11H2,1-7H3,(H,20,23);;/t16-,17-,23+;12-,13+,14+,15+;;/m11../s1. The van der Waals surface area contributed by atoms with Gasteiger partial charge >= 0.3 is 24.5 Å². The van der Waals surface area contributed by atoms with Gasteiger partial charge in [-0.15, -0.1) is 0 Å². The summed E-state index contributed by atoms with van der Waals surface area (Å²) in [5.74, 6) is -0.127. The predicted octanol–water partition coefficient (Wildman–Crippen LogP) is 6.41. The Morgan fingerprint density at radius 1 is 0.700 bits per heavy atom.